The van der Waals surface area contributed by atoms with E-state index in [0.29, 0.717) is 11.8 Å². The van der Waals surface area contributed by atoms with Crippen molar-refractivity contribution in [1.29, 1.82) is 0 Å². The zero-order chi connectivity index (χ0) is 10.8. The van der Waals surface area contributed by atoms with Crippen LogP contribution in [0.15, 0.2) is 0 Å². The van der Waals surface area contributed by atoms with E-state index in [1.165, 1.54) is 24.3 Å². The molecule has 2 heterocycles. The Labute approximate surface area is 96.8 Å². The van der Waals surface area contributed by atoms with E-state index in [-0.39, 0.29) is 5.92 Å². The summed E-state index contributed by atoms with van der Waals surface area (Å²) in [7, 11) is 0. The van der Waals surface area contributed by atoms with Crippen LogP contribution in [-0.2, 0) is 4.79 Å². The normalized spacial score (nSPS) is 35.7. The molecule has 2 nitrogen and oxygen atoms in total. The van der Waals surface area contributed by atoms with Crippen LogP contribution in [-0.4, -0.2) is 40.8 Å². The summed E-state index contributed by atoms with van der Waals surface area (Å²) in [6, 6.07) is 1.20. The van der Waals surface area contributed by atoms with Gasteiger partial charge in [-0.3, -0.25) is 9.69 Å². The largest absolute Gasteiger partial charge is 0.299 e. The number of hydrogen-bond donors (Lipinski definition) is 0. The van der Waals surface area contributed by atoms with Gasteiger partial charge >= 0.3 is 0 Å². The summed E-state index contributed by atoms with van der Waals surface area (Å²) >= 11 is 2.07. The Hall–Kier alpha value is -0.0200. The molecule has 3 heteroatoms. The molecule has 0 N–H and O–H groups in total. The fourth-order valence-corrected chi connectivity index (χ4v) is 3.84. The molecule has 0 aliphatic carbocycles. The summed E-state index contributed by atoms with van der Waals surface area (Å²) in [4.78, 5) is 14.2. The molecule has 2 aliphatic rings. The number of likely N-dealkylation sites (tertiary alicyclic amines) is 1. The van der Waals surface area contributed by atoms with Crippen molar-refractivity contribution in [2.75, 3.05) is 18.1 Å². The van der Waals surface area contributed by atoms with Crippen molar-refractivity contribution in [3.63, 3.8) is 0 Å². The number of nitrogens with zero attached hydrogens (tertiary/aromatic N) is 1. The van der Waals surface area contributed by atoms with Crippen LogP contribution in [0, 0.1) is 5.92 Å². The number of thioether (sulfide) groups is 1. The van der Waals surface area contributed by atoms with Crippen molar-refractivity contribution in [2.45, 2.75) is 45.2 Å². The molecular formula is C12H21NOS. The Morgan fingerprint density at radius 1 is 1.27 bits per heavy atom. The number of rotatable bonds is 1. The van der Waals surface area contributed by atoms with Crippen molar-refractivity contribution >= 4 is 17.5 Å². The molecule has 0 aromatic rings. The van der Waals surface area contributed by atoms with E-state index in [1.807, 2.05) is 0 Å². The van der Waals surface area contributed by atoms with Crippen molar-refractivity contribution < 1.29 is 4.79 Å². The van der Waals surface area contributed by atoms with Crippen molar-refractivity contribution in [3.05, 3.63) is 0 Å². The molecule has 2 fully saturated rings. The molecule has 0 bridgehead atoms. The molecule has 0 amide bonds. The fourth-order valence-electron chi connectivity index (χ4n) is 2.76. The van der Waals surface area contributed by atoms with E-state index in [2.05, 4.69) is 30.5 Å². The Bertz CT molecular complexity index is 238. The zero-order valence-electron chi connectivity index (χ0n) is 9.74. The highest BCUT2D eigenvalue weighted by Crippen LogP contribution is 2.28. The number of Topliss-reactive ketones (excluding diaryl/α,β-unsaturated/α-hetero) is 1. The third kappa shape index (κ3) is 2.39. The molecule has 2 aliphatic heterocycles. The maximum atomic E-state index is 11.6. The third-order valence-electron chi connectivity index (χ3n) is 4.03. The molecule has 2 atom stereocenters. The summed E-state index contributed by atoms with van der Waals surface area (Å²) in [6.07, 6.45) is 3.40. The highest BCUT2D eigenvalue weighted by Gasteiger charge is 2.34. The van der Waals surface area contributed by atoms with Crippen LogP contribution >= 0.6 is 11.8 Å². The van der Waals surface area contributed by atoms with E-state index >= 15 is 0 Å². The van der Waals surface area contributed by atoms with Gasteiger partial charge in [0.1, 0.15) is 5.78 Å². The van der Waals surface area contributed by atoms with Gasteiger partial charge in [-0.1, -0.05) is 6.92 Å². The summed E-state index contributed by atoms with van der Waals surface area (Å²) in [5, 5.41) is 0. The fraction of sp³-hybridized carbons (Fsp3) is 0.917. The first kappa shape index (κ1) is 11.5. The van der Waals surface area contributed by atoms with Crippen LogP contribution < -0.4 is 0 Å². The van der Waals surface area contributed by atoms with Gasteiger partial charge < -0.3 is 0 Å². The standard InChI is InChI=1S/C12H21NOS/c1-9-10(2)13(6-3-12(9)14)11-4-7-15-8-5-11/h9-11H,3-8H2,1-2H3. The third-order valence-corrected chi connectivity index (χ3v) is 5.08. The van der Waals surface area contributed by atoms with E-state index in [1.54, 1.807) is 0 Å². The van der Waals surface area contributed by atoms with Crippen LogP contribution in [0.2, 0.25) is 0 Å². The van der Waals surface area contributed by atoms with Gasteiger partial charge in [-0.25, -0.2) is 0 Å². The second-order valence-electron chi connectivity index (χ2n) is 4.83. The number of hydrogen-bond acceptors (Lipinski definition) is 3. The Balaban J connectivity index is 1.99. The quantitative estimate of drug-likeness (QED) is 0.685. The van der Waals surface area contributed by atoms with Crippen LogP contribution in [0.5, 0.6) is 0 Å². The van der Waals surface area contributed by atoms with Crippen molar-refractivity contribution in [3.8, 4) is 0 Å². The summed E-state index contributed by atoms with van der Waals surface area (Å²) in [5.41, 5.74) is 0. The Morgan fingerprint density at radius 3 is 2.60 bits per heavy atom. The molecule has 2 unspecified atom stereocenters. The predicted molar refractivity (Wildman–Crippen MR) is 65.3 cm³/mol. The monoisotopic (exact) mass is 227 g/mol. The van der Waals surface area contributed by atoms with Gasteiger partial charge in [0, 0.05) is 31.0 Å². The SMILES string of the molecule is CC1C(=O)CCN(C2CCSCC2)C1C. The molecular weight excluding hydrogens is 206 g/mol. The molecule has 86 valence electrons. The van der Waals surface area contributed by atoms with E-state index in [4.69, 9.17) is 0 Å². The minimum absolute atomic E-state index is 0.244. The lowest BCUT2D eigenvalue weighted by Gasteiger charge is -2.43. The molecule has 2 rings (SSSR count). The van der Waals surface area contributed by atoms with E-state index in [0.717, 1.165) is 19.0 Å². The molecule has 2 saturated heterocycles. The zero-order valence-corrected chi connectivity index (χ0v) is 10.6. The highest BCUT2D eigenvalue weighted by atomic mass is 32.2. The number of ketones is 1. The lowest BCUT2D eigenvalue weighted by Crippen LogP contribution is -2.52. The second-order valence-corrected chi connectivity index (χ2v) is 6.05. The topological polar surface area (TPSA) is 20.3 Å². The molecule has 0 saturated carbocycles. The van der Waals surface area contributed by atoms with E-state index < -0.39 is 0 Å². The molecule has 0 radical (unpaired) electrons. The molecule has 15 heavy (non-hydrogen) atoms. The Kier molecular flexibility index (Phi) is 3.73. The van der Waals surface area contributed by atoms with Crippen LogP contribution in [0.25, 0.3) is 0 Å². The van der Waals surface area contributed by atoms with Crippen LogP contribution in [0.4, 0.5) is 0 Å². The molecule has 0 aromatic carbocycles. The molecule has 0 spiro atoms. The van der Waals surface area contributed by atoms with Gasteiger partial charge in [-0.15, -0.1) is 0 Å². The minimum atomic E-state index is 0.244. The summed E-state index contributed by atoms with van der Waals surface area (Å²) < 4.78 is 0. The average Bonchev–Trinajstić information content (AvgIpc) is 2.27. The maximum Gasteiger partial charge on any atom is 0.138 e. The maximum absolute atomic E-state index is 11.6. The smallest absolute Gasteiger partial charge is 0.138 e. The predicted octanol–water partition coefficient (Wildman–Crippen LogP) is 2.18. The van der Waals surface area contributed by atoms with Crippen LogP contribution in [0.1, 0.15) is 33.1 Å². The number of carbonyl (C=O) groups is 1. The minimum Gasteiger partial charge on any atom is -0.299 e. The van der Waals surface area contributed by atoms with Gasteiger partial charge in [0.05, 0.1) is 0 Å². The lowest BCUT2D eigenvalue weighted by atomic mass is 9.88. The lowest BCUT2D eigenvalue weighted by molar-refractivity contribution is -0.128. The highest BCUT2D eigenvalue weighted by molar-refractivity contribution is 7.99. The Morgan fingerprint density at radius 2 is 1.93 bits per heavy atom. The van der Waals surface area contributed by atoms with Gasteiger partial charge in [0.2, 0.25) is 0 Å². The van der Waals surface area contributed by atoms with Crippen molar-refractivity contribution in [2.24, 2.45) is 5.92 Å². The second kappa shape index (κ2) is 4.88. The summed E-state index contributed by atoms with van der Waals surface area (Å²) in [5.74, 6) is 3.31. The number of piperidine rings is 1. The van der Waals surface area contributed by atoms with Gasteiger partial charge in [0.15, 0.2) is 0 Å². The van der Waals surface area contributed by atoms with Crippen LogP contribution in [0.3, 0.4) is 0 Å². The first-order valence-electron chi connectivity index (χ1n) is 6.06. The average molecular weight is 227 g/mol. The van der Waals surface area contributed by atoms with E-state index in [9.17, 15) is 4.79 Å². The van der Waals surface area contributed by atoms with Crippen molar-refractivity contribution in [1.82, 2.24) is 4.90 Å². The first-order chi connectivity index (χ1) is 7.20. The van der Waals surface area contributed by atoms with Gasteiger partial charge in [0.25, 0.3) is 0 Å². The van der Waals surface area contributed by atoms with Gasteiger partial charge in [-0.05, 0) is 31.3 Å². The molecule has 0 aromatic heterocycles. The first-order valence-corrected chi connectivity index (χ1v) is 7.22. The number of carbonyl (C=O) groups excluding carboxylic acids is 1. The summed E-state index contributed by atoms with van der Waals surface area (Å²) in [6.45, 7) is 5.32. The van der Waals surface area contributed by atoms with Gasteiger partial charge in [-0.2, -0.15) is 11.8 Å².